The summed E-state index contributed by atoms with van der Waals surface area (Å²) >= 11 is 9.51. The van der Waals surface area contributed by atoms with Gasteiger partial charge in [-0.1, -0.05) is 45.7 Å². The molecule has 3 amide bonds. The van der Waals surface area contributed by atoms with Gasteiger partial charge in [-0.25, -0.2) is 4.79 Å². The van der Waals surface area contributed by atoms with Gasteiger partial charge in [0.2, 0.25) is 5.91 Å². The molecule has 0 spiro atoms. The van der Waals surface area contributed by atoms with Gasteiger partial charge in [0.1, 0.15) is 0 Å². The first-order valence-electron chi connectivity index (χ1n) is 8.81. The maximum absolute atomic E-state index is 12.1. The van der Waals surface area contributed by atoms with Gasteiger partial charge in [0, 0.05) is 27.6 Å². The molecule has 142 valence electrons. The van der Waals surface area contributed by atoms with E-state index in [1.54, 1.807) is 6.07 Å². The standard InChI is InChI=1S/C20H21BrClN3O2/c1-12(13-5-8-17(9-6-13)25-19(26)14-2-3-14)24-20(27)23-11-15-4-7-16(21)10-18(15)22/h4-10,12,14H,2-3,11H2,1H3,(H,25,26)(H2,23,24,27). The second kappa shape index (κ2) is 8.76. The van der Waals surface area contributed by atoms with Crippen molar-refractivity contribution in [1.29, 1.82) is 0 Å². The van der Waals surface area contributed by atoms with Crippen molar-refractivity contribution in [3.8, 4) is 0 Å². The molecular formula is C20H21BrClN3O2. The first-order chi connectivity index (χ1) is 12.9. The fourth-order valence-electron chi connectivity index (χ4n) is 2.62. The molecule has 1 fully saturated rings. The summed E-state index contributed by atoms with van der Waals surface area (Å²) < 4.78 is 0.895. The Morgan fingerprint density at radius 1 is 1.19 bits per heavy atom. The highest BCUT2D eigenvalue weighted by atomic mass is 79.9. The molecule has 1 aliphatic rings. The molecule has 2 aromatic rings. The number of benzene rings is 2. The van der Waals surface area contributed by atoms with Gasteiger partial charge in [0.05, 0.1) is 6.04 Å². The van der Waals surface area contributed by atoms with Gasteiger partial charge >= 0.3 is 6.03 Å². The van der Waals surface area contributed by atoms with E-state index in [4.69, 9.17) is 11.6 Å². The molecule has 3 N–H and O–H groups in total. The maximum Gasteiger partial charge on any atom is 0.315 e. The van der Waals surface area contributed by atoms with E-state index >= 15 is 0 Å². The first kappa shape index (κ1) is 19.7. The lowest BCUT2D eigenvalue weighted by atomic mass is 10.1. The predicted octanol–water partition coefficient (Wildman–Crippen LogP) is 5.01. The van der Waals surface area contributed by atoms with Crippen LogP contribution in [-0.2, 0) is 11.3 Å². The number of hydrogen-bond acceptors (Lipinski definition) is 2. The molecule has 0 aromatic heterocycles. The average molecular weight is 451 g/mol. The Kier molecular flexibility index (Phi) is 6.39. The molecule has 0 heterocycles. The Morgan fingerprint density at radius 3 is 2.52 bits per heavy atom. The van der Waals surface area contributed by atoms with Crippen molar-refractivity contribution in [2.24, 2.45) is 5.92 Å². The van der Waals surface area contributed by atoms with Crippen LogP contribution in [-0.4, -0.2) is 11.9 Å². The molecule has 0 saturated heterocycles. The normalized spacial score (nSPS) is 14.3. The molecule has 7 heteroatoms. The number of carbonyl (C=O) groups excluding carboxylic acids is 2. The Bertz CT molecular complexity index is 838. The number of halogens is 2. The number of amides is 3. The van der Waals surface area contributed by atoms with E-state index in [1.165, 1.54) is 0 Å². The van der Waals surface area contributed by atoms with Crippen molar-refractivity contribution in [1.82, 2.24) is 10.6 Å². The van der Waals surface area contributed by atoms with Crippen molar-refractivity contribution in [2.45, 2.75) is 32.4 Å². The zero-order valence-electron chi connectivity index (χ0n) is 14.9. The molecule has 1 unspecified atom stereocenters. The molecule has 2 aromatic carbocycles. The average Bonchev–Trinajstić information content (AvgIpc) is 3.46. The smallest absolute Gasteiger partial charge is 0.315 e. The lowest BCUT2D eigenvalue weighted by Crippen LogP contribution is -2.36. The predicted molar refractivity (Wildman–Crippen MR) is 111 cm³/mol. The number of rotatable bonds is 6. The lowest BCUT2D eigenvalue weighted by Gasteiger charge is -2.16. The van der Waals surface area contributed by atoms with Crippen molar-refractivity contribution < 1.29 is 9.59 Å². The highest BCUT2D eigenvalue weighted by Crippen LogP contribution is 2.30. The molecule has 27 heavy (non-hydrogen) atoms. The van der Waals surface area contributed by atoms with Gasteiger partial charge in [-0.15, -0.1) is 0 Å². The summed E-state index contributed by atoms with van der Waals surface area (Å²) in [5.74, 6) is 0.257. The van der Waals surface area contributed by atoms with Crippen LogP contribution in [0.3, 0.4) is 0 Å². The van der Waals surface area contributed by atoms with Crippen LogP contribution in [0.25, 0.3) is 0 Å². The third-order valence-electron chi connectivity index (χ3n) is 4.43. The summed E-state index contributed by atoms with van der Waals surface area (Å²) in [4.78, 5) is 23.9. The molecule has 5 nitrogen and oxygen atoms in total. The lowest BCUT2D eigenvalue weighted by molar-refractivity contribution is -0.117. The maximum atomic E-state index is 12.1. The number of urea groups is 1. The van der Waals surface area contributed by atoms with Crippen molar-refractivity contribution in [3.63, 3.8) is 0 Å². The van der Waals surface area contributed by atoms with Crippen LogP contribution in [0, 0.1) is 5.92 Å². The second-order valence-corrected chi connectivity index (χ2v) is 7.99. The Hall–Kier alpha value is -2.05. The summed E-state index contributed by atoms with van der Waals surface area (Å²) in [6.07, 6.45) is 1.96. The van der Waals surface area contributed by atoms with E-state index in [2.05, 4.69) is 31.9 Å². The summed E-state index contributed by atoms with van der Waals surface area (Å²) in [7, 11) is 0. The summed E-state index contributed by atoms with van der Waals surface area (Å²) in [5, 5.41) is 9.21. The molecule has 1 atom stereocenters. The minimum Gasteiger partial charge on any atom is -0.334 e. The fourth-order valence-corrected chi connectivity index (χ4v) is 3.36. The monoisotopic (exact) mass is 449 g/mol. The quantitative estimate of drug-likeness (QED) is 0.579. The van der Waals surface area contributed by atoms with Gasteiger partial charge in [0.25, 0.3) is 0 Å². The highest BCUT2D eigenvalue weighted by Gasteiger charge is 2.29. The van der Waals surface area contributed by atoms with E-state index < -0.39 is 0 Å². The van der Waals surface area contributed by atoms with Gasteiger partial charge in [-0.3, -0.25) is 4.79 Å². The van der Waals surface area contributed by atoms with Crippen LogP contribution in [0.5, 0.6) is 0 Å². The molecule has 1 saturated carbocycles. The summed E-state index contributed by atoms with van der Waals surface area (Å²) in [6, 6.07) is 12.6. The highest BCUT2D eigenvalue weighted by molar-refractivity contribution is 9.10. The van der Waals surface area contributed by atoms with E-state index in [-0.39, 0.29) is 23.9 Å². The van der Waals surface area contributed by atoms with Gasteiger partial charge in [-0.2, -0.15) is 0 Å². The van der Waals surface area contributed by atoms with Crippen LogP contribution in [0.1, 0.15) is 36.9 Å². The fraction of sp³-hybridized carbons (Fsp3) is 0.300. The van der Waals surface area contributed by atoms with E-state index in [1.807, 2.05) is 43.3 Å². The van der Waals surface area contributed by atoms with Crippen LogP contribution < -0.4 is 16.0 Å². The second-order valence-electron chi connectivity index (χ2n) is 6.67. The van der Waals surface area contributed by atoms with E-state index in [0.29, 0.717) is 11.6 Å². The largest absolute Gasteiger partial charge is 0.334 e. The third kappa shape index (κ3) is 5.71. The molecule has 0 radical (unpaired) electrons. The Labute approximate surface area is 172 Å². The number of carbonyl (C=O) groups is 2. The summed E-state index contributed by atoms with van der Waals surface area (Å²) in [6.45, 7) is 2.25. The number of anilines is 1. The Morgan fingerprint density at radius 2 is 1.89 bits per heavy atom. The molecule has 1 aliphatic carbocycles. The van der Waals surface area contributed by atoms with Crippen molar-refractivity contribution in [2.75, 3.05) is 5.32 Å². The molecular weight excluding hydrogens is 430 g/mol. The summed E-state index contributed by atoms with van der Waals surface area (Å²) in [5.41, 5.74) is 2.58. The Balaban J connectivity index is 1.49. The van der Waals surface area contributed by atoms with Gasteiger partial charge in [-0.05, 0) is 55.2 Å². The minimum atomic E-state index is -0.271. The third-order valence-corrected chi connectivity index (χ3v) is 5.27. The number of nitrogens with one attached hydrogen (secondary N) is 3. The zero-order chi connectivity index (χ0) is 19.4. The van der Waals surface area contributed by atoms with Gasteiger partial charge in [0.15, 0.2) is 0 Å². The molecule has 0 aliphatic heterocycles. The minimum absolute atomic E-state index is 0.0832. The van der Waals surface area contributed by atoms with Crippen molar-refractivity contribution in [3.05, 3.63) is 63.1 Å². The van der Waals surface area contributed by atoms with Crippen molar-refractivity contribution >= 4 is 45.2 Å². The molecule has 3 rings (SSSR count). The van der Waals surface area contributed by atoms with Crippen LogP contribution in [0.4, 0.5) is 10.5 Å². The van der Waals surface area contributed by atoms with Crippen LogP contribution in [0.2, 0.25) is 5.02 Å². The van der Waals surface area contributed by atoms with E-state index in [9.17, 15) is 9.59 Å². The topological polar surface area (TPSA) is 70.2 Å². The van der Waals surface area contributed by atoms with Gasteiger partial charge < -0.3 is 16.0 Å². The number of hydrogen-bond donors (Lipinski definition) is 3. The zero-order valence-corrected chi connectivity index (χ0v) is 17.2. The first-order valence-corrected chi connectivity index (χ1v) is 9.98. The van der Waals surface area contributed by atoms with E-state index in [0.717, 1.165) is 34.1 Å². The van der Waals surface area contributed by atoms with Crippen LogP contribution >= 0.6 is 27.5 Å². The van der Waals surface area contributed by atoms with Crippen LogP contribution in [0.15, 0.2) is 46.9 Å². The molecule has 0 bridgehead atoms. The SMILES string of the molecule is CC(NC(=O)NCc1ccc(Br)cc1Cl)c1ccc(NC(=O)C2CC2)cc1.